The summed E-state index contributed by atoms with van der Waals surface area (Å²) >= 11 is 0. The third-order valence-electron chi connectivity index (χ3n) is 11.1. The fourth-order valence-electron chi connectivity index (χ4n) is 7.32. The molecule has 0 saturated carbocycles. The molecule has 0 heterocycles. The van der Waals surface area contributed by atoms with E-state index in [0.717, 1.165) is 44.9 Å². The predicted octanol–water partition coefficient (Wildman–Crippen LogP) is 18.5. The Morgan fingerprint density at radius 3 is 0.877 bits per heavy atom. The first-order valence-electron chi connectivity index (χ1n) is 25.2. The molecule has 0 atom stereocenters. The average Bonchev–Trinajstić information content (AvgIpc) is 3.21. The van der Waals surface area contributed by atoms with Crippen LogP contribution in [0.2, 0.25) is 0 Å². The Labute approximate surface area is 356 Å². The standard InChI is InChI=1S/C54H96O3/c1-3-5-7-9-11-13-15-17-19-21-22-23-24-25-26-27-28-29-30-31-32-33-34-36-38-40-42-44-46-48-50-52-54(56)57-53(55)51-49-47-45-43-41-39-37-35-20-18-16-14-12-10-8-6-4-2/h12-15,18,20,37,39,43,45H,3-11,16-17,19,21-36,38,40-42,44,46-52H2,1-2H3. The summed E-state index contributed by atoms with van der Waals surface area (Å²) in [6.45, 7) is 4.52. The van der Waals surface area contributed by atoms with Crippen molar-refractivity contribution in [3.05, 3.63) is 60.8 Å². The van der Waals surface area contributed by atoms with Crippen LogP contribution < -0.4 is 0 Å². The van der Waals surface area contributed by atoms with Gasteiger partial charge in [0.1, 0.15) is 0 Å². The van der Waals surface area contributed by atoms with Gasteiger partial charge < -0.3 is 4.74 Å². The fourth-order valence-corrected chi connectivity index (χ4v) is 7.32. The van der Waals surface area contributed by atoms with Gasteiger partial charge in [-0.15, -0.1) is 0 Å². The Kier molecular flexibility index (Phi) is 48.1. The van der Waals surface area contributed by atoms with Gasteiger partial charge in [0.2, 0.25) is 0 Å². The molecule has 0 aromatic rings. The molecule has 0 fully saturated rings. The van der Waals surface area contributed by atoms with Crippen molar-refractivity contribution in [1.82, 2.24) is 0 Å². The van der Waals surface area contributed by atoms with Gasteiger partial charge in [-0.1, -0.05) is 242 Å². The maximum absolute atomic E-state index is 12.0. The Balaban J connectivity index is 3.33. The average molecular weight is 793 g/mol. The topological polar surface area (TPSA) is 43.4 Å². The molecule has 0 aromatic heterocycles. The van der Waals surface area contributed by atoms with Gasteiger partial charge in [-0.25, -0.2) is 0 Å². The van der Waals surface area contributed by atoms with Crippen LogP contribution >= 0.6 is 0 Å². The lowest BCUT2D eigenvalue weighted by Gasteiger charge is -2.05. The highest BCUT2D eigenvalue weighted by molar-refractivity contribution is 5.85. The summed E-state index contributed by atoms with van der Waals surface area (Å²) in [6, 6.07) is 0. The minimum Gasteiger partial charge on any atom is -0.393 e. The molecule has 3 nitrogen and oxygen atoms in total. The highest BCUT2D eigenvalue weighted by Gasteiger charge is 2.09. The smallest absolute Gasteiger partial charge is 0.313 e. The summed E-state index contributed by atoms with van der Waals surface area (Å²) in [5.41, 5.74) is 0. The Morgan fingerprint density at radius 2 is 0.509 bits per heavy atom. The number of hydrogen-bond donors (Lipinski definition) is 0. The van der Waals surface area contributed by atoms with Crippen molar-refractivity contribution in [2.45, 2.75) is 271 Å². The van der Waals surface area contributed by atoms with Crippen molar-refractivity contribution in [3.8, 4) is 0 Å². The quantitative estimate of drug-likeness (QED) is 0.0267. The second-order valence-electron chi connectivity index (χ2n) is 16.8. The van der Waals surface area contributed by atoms with Gasteiger partial charge in [0.25, 0.3) is 0 Å². The SMILES string of the molecule is CCCCCC=CCC=CCC=CCC=CCCCC(=O)OC(=O)CCCCCCCCCCCCCCCCCCCCCCCCCC=CCCCCCC. The van der Waals surface area contributed by atoms with E-state index in [1.54, 1.807) is 0 Å². The highest BCUT2D eigenvalue weighted by atomic mass is 16.6. The van der Waals surface area contributed by atoms with Crippen molar-refractivity contribution < 1.29 is 14.3 Å². The third-order valence-corrected chi connectivity index (χ3v) is 11.1. The van der Waals surface area contributed by atoms with Crippen LogP contribution in [0.1, 0.15) is 271 Å². The second kappa shape index (κ2) is 50.0. The van der Waals surface area contributed by atoms with Gasteiger partial charge in [-0.05, 0) is 77.0 Å². The Hall–Kier alpha value is -2.16. The van der Waals surface area contributed by atoms with Gasteiger partial charge in [0, 0.05) is 12.8 Å². The molecule has 0 aliphatic carbocycles. The van der Waals surface area contributed by atoms with E-state index in [0.29, 0.717) is 12.8 Å². The van der Waals surface area contributed by atoms with Crippen LogP contribution in [0.15, 0.2) is 60.8 Å². The van der Waals surface area contributed by atoms with Crippen molar-refractivity contribution in [1.29, 1.82) is 0 Å². The number of allylic oxidation sites excluding steroid dienone is 10. The van der Waals surface area contributed by atoms with Crippen LogP contribution in [-0.4, -0.2) is 11.9 Å². The van der Waals surface area contributed by atoms with E-state index in [-0.39, 0.29) is 11.9 Å². The lowest BCUT2D eigenvalue weighted by Crippen LogP contribution is -2.11. The van der Waals surface area contributed by atoms with Crippen LogP contribution in [-0.2, 0) is 14.3 Å². The summed E-state index contributed by atoms with van der Waals surface area (Å²) in [4.78, 5) is 24.0. The summed E-state index contributed by atoms with van der Waals surface area (Å²) in [5.74, 6) is -0.734. The zero-order chi connectivity index (χ0) is 41.2. The van der Waals surface area contributed by atoms with Crippen LogP contribution in [0.3, 0.4) is 0 Å². The summed E-state index contributed by atoms with van der Waals surface area (Å²) in [5, 5.41) is 0. The van der Waals surface area contributed by atoms with Crippen LogP contribution in [0.25, 0.3) is 0 Å². The molecule has 0 aliphatic rings. The first kappa shape index (κ1) is 54.8. The molecule has 0 aliphatic heterocycles. The van der Waals surface area contributed by atoms with E-state index in [2.05, 4.69) is 74.6 Å². The highest BCUT2D eigenvalue weighted by Crippen LogP contribution is 2.16. The summed E-state index contributed by atoms with van der Waals surface area (Å²) in [7, 11) is 0. The molecule has 0 bridgehead atoms. The molecule has 0 radical (unpaired) electrons. The molecule has 3 heteroatoms. The number of unbranched alkanes of at least 4 members (excludes halogenated alkanes) is 31. The molecule has 0 amide bonds. The minimum atomic E-state index is -0.379. The monoisotopic (exact) mass is 793 g/mol. The molecule has 0 unspecified atom stereocenters. The molecule has 57 heavy (non-hydrogen) atoms. The van der Waals surface area contributed by atoms with E-state index < -0.39 is 0 Å². The number of carbonyl (C=O) groups excluding carboxylic acids is 2. The van der Waals surface area contributed by atoms with E-state index >= 15 is 0 Å². The Bertz CT molecular complexity index is 969. The maximum Gasteiger partial charge on any atom is 0.313 e. The van der Waals surface area contributed by atoms with Gasteiger partial charge >= 0.3 is 11.9 Å². The fraction of sp³-hybridized carbons (Fsp3) is 0.778. The van der Waals surface area contributed by atoms with Gasteiger partial charge in [-0.2, -0.15) is 0 Å². The molecule has 0 N–H and O–H groups in total. The van der Waals surface area contributed by atoms with Crippen molar-refractivity contribution in [2.75, 3.05) is 0 Å². The van der Waals surface area contributed by atoms with Gasteiger partial charge in [-0.3, -0.25) is 9.59 Å². The first-order chi connectivity index (χ1) is 28.2. The second-order valence-corrected chi connectivity index (χ2v) is 16.8. The van der Waals surface area contributed by atoms with Crippen molar-refractivity contribution in [2.24, 2.45) is 0 Å². The summed E-state index contributed by atoms with van der Waals surface area (Å²) in [6.07, 6.45) is 72.0. The summed E-state index contributed by atoms with van der Waals surface area (Å²) < 4.78 is 5.02. The first-order valence-corrected chi connectivity index (χ1v) is 25.2. The number of hydrogen-bond acceptors (Lipinski definition) is 3. The molecule has 0 spiro atoms. The zero-order valence-corrected chi connectivity index (χ0v) is 38.3. The van der Waals surface area contributed by atoms with Gasteiger partial charge in [0.15, 0.2) is 0 Å². The predicted molar refractivity (Wildman–Crippen MR) is 253 cm³/mol. The molecule has 0 rings (SSSR count). The lowest BCUT2D eigenvalue weighted by atomic mass is 10.0. The van der Waals surface area contributed by atoms with E-state index in [4.69, 9.17) is 4.74 Å². The van der Waals surface area contributed by atoms with Crippen LogP contribution in [0.5, 0.6) is 0 Å². The number of rotatable bonds is 45. The van der Waals surface area contributed by atoms with Crippen LogP contribution in [0.4, 0.5) is 0 Å². The maximum atomic E-state index is 12.0. The van der Waals surface area contributed by atoms with E-state index in [1.165, 1.54) is 199 Å². The van der Waals surface area contributed by atoms with Gasteiger partial charge in [0.05, 0.1) is 0 Å². The van der Waals surface area contributed by atoms with Crippen molar-refractivity contribution >= 4 is 11.9 Å². The van der Waals surface area contributed by atoms with Crippen LogP contribution in [0, 0.1) is 0 Å². The largest absolute Gasteiger partial charge is 0.393 e. The molecule has 330 valence electrons. The normalized spacial score (nSPS) is 12.2. The van der Waals surface area contributed by atoms with E-state index in [1.807, 2.05) is 0 Å². The Morgan fingerprint density at radius 1 is 0.281 bits per heavy atom. The van der Waals surface area contributed by atoms with E-state index in [9.17, 15) is 9.59 Å². The lowest BCUT2D eigenvalue weighted by molar-refractivity contribution is -0.159. The van der Waals surface area contributed by atoms with Crippen molar-refractivity contribution in [3.63, 3.8) is 0 Å². The molecular formula is C54H96O3. The molecular weight excluding hydrogens is 697 g/mol. The zero-order valence-electron chi connectivity index (χ0n) is 38.3. The minimum absolute atomic E-state index is 0.308. The number of ether oxygens (including phenoxy) is 1. The molecule has 0 aromatic carbocycles. The molecule has 0 saturated heterocycles. The third kappa shape index (κ3) is 49.9. The number of esters is 2. The number of carbonyl (C=O) groups is 2.